The molecule has 1 amide bonds. The molecule has 1 aromatic heterocycles. The topological polar surface area (TPSA) is 80.0 Å². The minimum Gasteiger partial charge on any atom is -0.484 e. The average molecular weight is 331 g/mol. The number of nitrogens with zero attached hydrogens (tertiary/aromatic N) is 1. The highest BCUT2D eigenvalue weighted by Gasteiger charge is 2.27. The second-order valence-electron chi connectivity index (χ2n) is 6.47. The Balaban J connectivity index is 1.62. The molecule has 1 N–H and O–H groups in total. The third-order valence-electron chi connectivity index (χ3n) is 4.37. The molecule has 1 fully saturated rings. The Kier molecular flexibility index (Phi) is 4.57. The van der Waals surface area contributed by atoms with Crippen LogP contribution >= 0.6 is 0 Å². The summed E-state index contributed by atoms with van der Waals surface area (Å²) in [6, 6.07) is 8.17. The van der Waals surface area contributed by atoms with E-state index in [1.807, 2.05) is 0 Å². The summed E-state index contributed by atoms with van der Waals surface area (Å²) in [6.07, 6.45) is 2.04. The van der Waals surface area contributed by atoms with E-state index in [9.17, 15) is 14.7 Å². The van der Waals surface area contributed by atoms with E-state index in [-0.39, 0.29) is 12.5 Å². The predicted octanol–water partition coefficient (Wildman–Crippen LogP) is 1.94. The van der Waals surface area contributed by atoms with Gasteiger partial charge in [0.05, 0.1) is 5.60 Å². The molecule has 128 valence electrons. The van der Waals surface area contributed by atoms with Gasteiger partial charge in [-0.15, -0.1) is 0 Å². The first-order valence-corrected chi connectivity index (χ1v) is 8.10. The van der Waals surface area contributed by atoms with Gasteiger partial charge in [0, 0.05) is 30.6 Å². The smallest absolute Gasteiger partial charge is 0.336 e. The number of rotatable bonds is 3. The van der Waals surface area contributed by atoms with Crippen molar-refractivity contribution >= 4 is 16.9 Å². The molecule has 1 atom stereocenters. The quantitative estimate of drug-likeness (QED) is 0.870. The van der Waals surface area contributed by atoms with Crippen LogP contribution in [0, 0.1) is 0 Å². The van der Waals surface area contributed by atoms with Gasteiger partial charge in [-0.3, -0.25) is 4.79 Å². The van der Waals surface area contributed by atoms with Crippen molar-refractivity contribution in [1.29, 1.82) is 0 Å². The minimum absolute atomic E-state index is 0.0787. The molecule has 6 nitrogen and oxygen atoms in total. The van der Waals surface area contributed by atoms with Crippen LogP contribution in [0.5, 0.6) is 5.75 Å². The molecule has 1 unspecified atom stereocenters. The Bertz CT molecular complexity index is 795. The lowest BCUT2D eigenvalue weighted by Crippen LogP contribution is -2.36. The Morgan fingerprint density at radius 2 is 2.08 bits per heavy atom. The fourth-order valence-corrected chi connectivity index (χ4v) is 2.88. The van der Waals surface area contributed by atoms with Crippen molar-refractivity contribution in [3.8, 4) is 5.75 Å². The highest BCUT2D eigenvalue weighted by molar-refractivity contribution is 5.79. The number of benzene rings is 1. The standard InChI is InChI=1S/C18H21NO5/c1-18(22)7-2-9-19(10-8-18)16(20)12-23-14-5-3-13-4-6-17(21)24-15(13)11-14/h3-6,11,22H,2,7-10,12H2,1H3. The zero-order valence-electron chi connectivity index (χ0n) is 13.7. The van der Waals surface area contributed by atoms with Gasteiger partial charge < -0.3 is 19.2 Å². The lowest BCUT2D eigenvalue weighted by atomic mass is 9.98. The van der Waals surface area contributed by atoms with Crippen LogP contribution in [0.1, 0.15) is 26.2 Å². The maximum Gasteiger partial charge on any atom is 0.336 e. The maximum atomic E-state index is 12.3. The highest BCUT2D eigenvalue weighted by Crippen LogP contribution is 2.22. The Hall–Kier alpha value is -2.34. The molecule has 6 heteroatoms. The summed E-state index contributed by atoms with van der Waals surface area (Å²) in [6.45, 7) is 2.89. The van der Waals surface area contributed by atoms with Crippen LogP contribution in [0.15, 0.2) is 39.5 Å². The number of hydrogen-bond acceptors (Lipinski definition) is 5. The van der Waals surface area contributed by atoms with E-state index < -0.39 is 11.2 Å². The molecule has 1 saturated heterocycles. The molecule has 1 aliphatic heterocycles. The summed E-state index contributed by atoms with van der Waals surface area (Å²) in [5.74, 6) is 0.370. The van der Waals surface area contributed by atoms with Crippen LogP contribution in [0.2, 0.25) is 0 Å². The number of carbonyl (C=O) groups excluding carboxylic acids is 1. The molecule has 0 spiro atoms. The Morgan fingerprint density at radius 3 is 2.92 bits per heavy atom. The first kappa shape index (κ1) is 16.5. The average Bonchev–Trinajstić information content (AvgIpc) is 2.73. The fourth-order valence-electron chi connectivity index (χ4n) is 2.88. The molecular weight excluding hydrogens is 310 g/mol. The molecule has 3 rings (SSSR count). The maximum absolute atomic E-state index is 12.3. The van der Waals surface area contributed by atoms with Crippen molar-refractivity contribution < 1.29 is 19.1 Å². The number of fused-ring (bicyclic) bond motifs is 1. The van der Waals surface area contributed by atoms with E-state index in [1.165, 1.54) is 6.07 Å². The lowest BCUT2D eigenvalue weighted by molar-refractivity contribution is -0.133. The molecule has 2 aromatic rings. The first-order valence-electron chi connectivity index (χ1n) is 8.10. The van der Waals surface area contributed by atoms with Crippen LogP contribution in [0.4, 0.5) is 0 Å². The number of hydrogen-bond donors (Lipinski definition) is 1. The zero-order chi connectivity index (χ0) is 17.2. The third kappa shape index (κ3) is 3.94. The number of carbonyl (C=O) groups is 1. The molecule has 2 heterocycles. The van der Waals surface area contributed by atoms with Gasteiger partial charge in [-0.2, -0.15) is 0 Å². The zero-order valence-corrected chi connectivity index (χ0v) is 13.7. The summed E-state index contributed by atoms with van der Waals surface area (Å²) in [7, 11) is 0. The molecule has 0 bridgehead atoms. The van der Waals surface area contributed by atoms with E-state index in [0.29, 0.717) is 37.3 Å². The molecular formula is C18H21NO5. The number of aliphatic hydroxyl groups is 1. The SMILES string of the molecule is CC1(O)CCCN(C(=O)COc2ccc3ccc(=O)oc3c2)CC1. The second kappa shape index (κ2) is 6.65. The van der Waals surface area contributed by atoms with Crippen LogP contribution in [-0.4, -0.2) is 41.2 Å². The second-order valence-corrected chi connectivity index (χ2v) is 6.47. The van der Waals surface area contributed by atoms with Gasteiger partial charge in [-0.1, -0.05) is 0 Å². The van der Waals surface area contributed by atoms with Gasteiger partial charge >= 0.3 is 5.63 Å². The van der Waals surface area contributed by atoms with Crippen molar-refractivity contribution in [2.45, 2.75) is 31.8 Å². The van der Waals surface area contributed by atoms with Crippen molar-refractivity contribution in [1.82, 2.24) is 4.90 Å². The van der Waals surface area contributed by atoms with Crippen LogP contribution in [0.25, 0.3) is 11.0 Å². The molecule has 0 radical (unpaired) electrons. The number of likely N-dealkylation sites (tertiary alicyclic amines) is 1. The number of ether oxygens (including phenoxy) is 1. The Labute approximate surface area is 139 Å². The summed E-state index contributed by atoms with van der Waals surface area (Å²) < 4.78 is 10.7. The molecule has 24 heavy (non-hydrogen) atoms. The van der Waals surface area contributed by atoms with Crippen LogP contribution in [-0.2, 0) is 4.79 Å². The normalized spacial score (nSPS) is 21.5. The molecule has 1 aromatic carbocycles. The number of amides is 1. The summed E-state index contributed by atoms with van der Waals surface area (Å²) in [5.41, 5.74) is -0.697. The van der Waals surface area contributed by atoms with E-state index in [1.54, 1.807) is 36.1 Å². The summed E-state index contributed by atoms with van der Waals surface area (Å²) in [5, 5.41) is 10.9. The predicted molar refractivity (Wildman–Crippen MR) is 89.0 cm³/mol. The van der Waals surface area contributed by atoms with Gasteiger partial charge in [-0.25, -0.2) is 4.79 Å². The van der Waals surface area contributed by atoms with E-state index in [0.717, 1.165) is 11.8 Å². The summed E-state index contributed by atoms with van der Waals surface area (Å²) >= 11 is 0. The van der Waals surface area contributed by atoms with Gasteiger partial charge in [-0.05, 0) is 44.4 Å². The van der Waals surface area contributed by atoms with Crippen molar-refractivity contribution in [2.24, 2.45) is 0 Å². The fraction of sp³-hybridized carbons (Fsp3) is 0.444. The largest absolute Gasteiger partial charge is 0.484 e. The van der Waals surface area contributed by atoms with Crippen LogP contribution < -0.4 is 10.4 Å². The molecule has 0 aliphatic carbocycles. The molecule has 0 saturated carbocycles. The van der Waals surface area contributed by atoms with Crippen molar-refractivity contribution in [3.05, 3.63) is 40.8 Å². The molecule has 1 aliphatic rings. The van der Waals surface area contributed by atoms with E-state index in [4.69, 9.17) is 9.15 Å². The van der Waals surface area contributed by atoms with E-state index in [2.05, 4.69) is 0 Å². The third-order valence-corrected chi connectivity index (χ3v) is 4.37. The monoisotopic (exact) mass is 331 g/mol. The first-order chi connectivity index (χ1) is 11.4. The van der Waals surface area contributed by atoms with Crippen molar-refractivity contribution in [2.75, 3.05) is 19.7 Å². The van der Waals surface area contributed by atoms with Gasteiger partial charge in [0.2, 0.25) is 0 Å². The van der Waals surface area contributed by atoms with Crippen molar-refractivity contribution in [3.63, 3.8) is 0 Å². The van der Waals surface area contributed by atoms with Crippen LogP contribution in [0.3, 0.4) is 0 Å². The lowest BCUT2D eigenvalue weighted by Gasteiger charge is -2.22. The van der Waals surface area contributed by atoms with E-state index >= 15 is 0 Å². The highest BCUT2D eigenvalue weighted by atomic mass is 16.5. The minimum atomic E-state index is -0.703. The summed E-state index contributed by atoms with van der Waals surface area (Å²) in [4.78, 5) is 25.3. The van der Waals surface area contributed by atoms with Gasteiger partial charge in [0.15, 0.2) is 6.61 Å². The van der Waals surface area contributed by atoms with Gasteiger partial charge in [0.25, 0.3) is 5.91 Å². The van der Waals surface area contributed by atoms with Gasteiger partial charge in [0.1, 0.15) is 11.3 Å². The Morgan fingerprint density at radius 1 is 1.29 bits per heavy atom.